The first-order chi connectivity index (χ1) is 12.0. The minimum Gasteiger partial charge on any atom is -0.375 e. The highest BCUT2D eigenvalue weighted by Gasteiger charge is 2.42. The number of benzene rings is 1. The van der Waals surface area contributed by atoms with Gasteiger partial charge in [-0.3, -0.25) is 4.79 Å². The van der Waals surface area contributed by atoms with Gasteiger partial charge in [0.05, 0.1) is 0 Å². The Bertz CT molecular complexity index is 650. The van der Waals surface area contributed by atoms with Crippen molar-refractivity contribution < 1.29 is 9.53 Å². The van der Waals surface area contributed by atoms with Crippen LogP contribution in [0.1, 0.15) is 36.8 Å². The van der Waals surface area contributed by atoms with E-state index in [0.29, 0.717) is 12.1 Å². The molecule has 2 bridgehead atoms. The van der Waals surface area contributed by atoms with Crippen LogP contribution in [-0.2, 0) is 9.53 Å². The van der Waals surface area contributed by atoms with E-state index in [1.54, 1.807) is 7.11 Å². The van der Waals surface area contributed by atoms with Gasteiger partial charge in [-0.05, 0) is 63.4 Å². The molecule has 5 nitrogen and oxygen atoms in total. The number of aryl methyl sites for hydroxylation is 2. The number of anilines is 1. The number of hydrogen-bond donors (Lipinski definition) is 2. The van der Waals surface area contributed by atoms with Crippen LogP contribution in [0.3, 0.4) is 0 Å². The summed E-state index contributed by atoms with van der Waals surface area (Å²) < 4.78 is 4.91. The first kappa shape index (κ1) is 18.1. The lowest BCUT2D eigenvalue weighted by atomic mass is 9.97. The molecule has 0 aromatic heterocycles. The number of rotatable bonds is 4. The molecular weight excluding hydrogens is 334 g/mol. The zero-order valence-electron chi connectivity index (χ0n) is 15.2. The van der Waals surface area contributed by atoms with Gasteiger partial charge in [0.2, 0.25) is 5.91 Å². The van der Waals surface area contributed by atoms with E-state index in [-0.39, 0.29) is 18.6 Å². The van der Waals surface area contributed by atoms with Crippen LogP contribution in [0.15, 0.2) is 18.2 Å². The van der Waals surface area contributed by atoms with Gasteiger partial charge < -0.3 is 20.3 Å². The van der Waals surface area contributed by atoms with Crippen molar-refractivity contribution in [2.45, 2.75) is 57.7 Å². The fourth-order valence-corrected chi connectivity index (χ4v) is 4.57. The molecule has 0 spiro atoms. The van der Waals surface area contributed by atoms with Crippen LogP contribution in [0.25, 0.3) is 0 Å². The highest BCUT2D eigenvalue weighted by Crippen LogP contribution is 2.36. The summed E-state index contributed by atoms with van der Waals surface area (Å²) >= 11 is 5.72. The number of hydrogen-bond acceptors (Lipinski definition) is 3. The number of amides is 1. The first-order valence-corrected chi connectivity index (χ1v) is 9.33. The van der Waals surface area contributed by atoms with Crippen molar-refractivity contribution in [2.24, 2.45) is 0 Å². The van der Waals surface area contributed by atoms with Crippen LogP contribution >= 0.6 is 12.2 Å². The number of thiocarbonyl (C=S) groups is 1. The Morgan fingerprint density at radius 1 is 1.28 bits per heavy atom. The number of carbonyl (C=O) groups excluding carboxylic acids is 1. The molecule has 2 fully saturated rings. The predicted octanol–water partition coefficient (Wildman–Crippen LogP) is 2.76. The van der Waals surface area contributed by atoms with Gasteiger partial charge in [-0.2, -0.15) is 0 Å². The maximum Gasteiger partial charge on any atom is 0.246 e. The summed E-state index contributed by atoms with van der Waals surface area (Å²) in [6.45, 7) is 4.32. The zero-order chi connectivity index (χ0) is 18.0. The zero-order valence-corrected chi connectivity index (χ0v) is 16.0. The smallest absolute Gasteiger partial charge is 0.246 e. The van der Waals surface area contributed by atoms with Crippen molar-refractivity contribution in [3.05, 3.63) is 29.3 Å². The minimum atomic E-state index is -0.0312. The third-order valence-electron chi connectivity index (χ3n) is 5.23. The molecule has 1 aromatic rings. The van der Waals surface area contributed by atoms with E-state index in [1.807, 2.05) is 0 Å². The Balaban J connectivity index is 1.62. The summed E-state index contributed by atoms with van der Waals surface area (Å²) in [5, 5.41) is 7.33. The molecule has 6 heteroatoms. The molecule has 2 aliphatic rings. The number of nitrogens with one attached hydrogen (secondary N) is 2. The summed E-state index contributed by atoms with van der Waals surface area (Å²) in [6.07, 6.45) is 4.16. The van der Waals surface area contributed by atoms with Gasteiger partial charge in [-0.1, -0.05) is 17.7 Å². The summed E-state index contributed by atoms with van der Waals surface area (Å²) in [7, 11) is 1.54. The lowest BCUT2D eigenvalue weighted by molar-refractivity contribution is -0.125. The fourth-order valence-electron chi connectivity index (χ4n) is 4.16. The number of carbonyl (C=O) groups is 1. The van der Waals surface area contributed by atoms with Crippen LogP contribution in [0.2, 0.25) is 0 Å². The molecule has 1 aromatic carbocycles. The monoisotopic (exact) mass is 361 g/mol. The molecule has 2 aliphatic heterocycles. The van der Waals surface area contributed by atoms with Crippen LogP contribution in [0.5, 0.6) is 0 Å². The predicted molar refractivity (Wildman–Crippen MR) is 104 cm³/mol. The topological polar surface area (TPSA) is 53.6 Å². The highest BCUT2D eigenvalue weighted by atomic mass is 32.1. The summed E-state index contributed by atoms with van der Waals surface area (Å²) in [5.41, 5.74) is 3.53. The van der Waals surface area contributed by atoms with E-state index in [0.717, 1.165) is 36.5 Å². The van der Waals surface area contributed by atoms with Crippen molar-refractivity contribution in [3.8, 4) is 0 Å². The number of methoxy groups -OCH3 is 1. The molecule has 0 radical (unpaired) electrons. The number of fused-ring (bicyclic) bond motifs is 2. The average molecular weight is 362 g/mol. The van der Waals surface area contributed by atoms with Crippen LogP contribution in [0, 0.1) is 13.8 Å². The standard InChI is InChI=1S/C19H27N3O2S/c1-12-4-7-17(13(2)8-12)21-19(25)22-15-5-6-16(22)10-14(9-15)20-18(23)11-24-3/h4,7-8,14-16H,5-6,9-11H2,1-3H3,(H,20,23)(H,21,25)/t15-,16-/m1/s1. The van der Waals surface area contributed by atoms with Gasteiger partial charge >= 0.3 is 0 Å². The second kappa shape index (κ2) is 7.70. The molecule has 2 heterocycles. The van der Waals surface area contributed by atoms with Crippen molar-refractivity contribution in [3.63, 3.8) is 0 Å². The Kier molecular flexibility index (Phi) is 5.59. The van der Waals surface area contributed by atoms with Crippen LogP contribution in [-0.4, -0.2) is 47.8 Å². The van der Waals surface area contributed by atoms with Gasteiger partial charge in [-0.25, -0.2) is 0 Å². The molecular formula is C19H27N3O2S. The summed E-state index contributed by atoms with van der Waals surface area (Å²) in [5.74, 6) is -0.0312. The molecule has 2 saturated heterocycles. The maximum absolute atomic E-state index is 11.8. The first-order valence-electron chi connectivity index (χ1n) is 8.92. The number of nitrogens with zero attached hydrogens (tertiary/aromatic N) is 1. The van der Waals surface area contributed by atoms with Gasteiger partial charge in [0.25, 0.3) is 0 Å². The molecule has 136 valence electrons. The van der Waals surface area contributed by atoms with Crippen molar-refractivity contribution >= 4 is 28.9 Å². The fraction of sp³-hybridized carbons (Fsp3) is 0.579. The molecule has 2 atom stereocenters. The normalized spacial score (nSPS) is 24.9. The molecule has 0 unspecified atom stereocenters. The Morgan fingerprint density at radius 2 is 1.96 bits per heavy atom. The Labute approximate surface area is 155 Å². The van der Waals surface area contributed by atoms with E-state index in [2.05, 4.69) is 47.6 Å². The Morgan fingerprint density at radius 3 is 2.56 bits per heavy atom. The number of ether oxygens (including phenoxy) is 1. The third-order valence-corrected chi connectivity index (χ3v) is 5.54. The van der Waals surface area contributed by atoms with E-state index in [4.69, 9.17) is 17.0 Å². The maximum atomic E-state index is 11.8. The third kappa shape index (κ3) is 4.12. The van der Waals surface area contributed by atoms with Gasteiger partial charge in [-0.15, -0.1) is 0 Å². The van der Waals surface area contributed by atoms with Crippen molar-refractivity contribution in [1.82, 2.24) is 10.2 Å². The second-order valence-electron chi connectivity index (χ2n) is 7.21. The van der Waals surface area contributed by atoms with E-state index < -0.39 is 0 Å². The van der Waals surface area contributed by atoms with E-state index in [9.17, 15) is 4.79 Å². The van der Waals surface area contributed by atoms with Crippen LogP contribution < -0.4 is 10.6 Å². The second-order valence-corrected chi connectivity index (χ2v) is 7.60. The van der Waals surface area contributed by atoms with Crippen molar-refractivity contribution in [2.75, 3.05) is 19.0 Å². The van der Waals surface area contributed by atoms with Crippen LogP contribution in [0.4, 0.5) is 5.69 Å². The number of piperidine rings is 1. The van der Waals surface area contributed by atoms with E-state index in [1.165, 1.54) is 11.1 Å². The molecule has 2 N–H and O–H groups in total. The average Bonchev–Trinajstić information content (AvgIpc) is 2.82. The Hall–Kier alpha value is -1.66. The molecule has 0 aliphatic carbocycles. The summed E-state index contributed by atoms with van der Waals surface area (Å²) in [4.78, 5) is 14.1. The molecule has 1 amide bonds. The lowest BCUT2D eigenvalue weighted by Crippen LogP contribution is -2.53. The van der Waals surface area contributed by atoms with Crippen molar-refractivity contribution in [1.29, 1.82) is 0 Å². The SMILES string of the molecule is COCC(=O)NC1C[C@H]2CC[C@H](C1)N2C(=S)Nc1ccc(C)cc1C. The molecule has 0 saturated carbocycles. The highest BCUT2D eigenvalue weighted by molar-refractivity contribution is 7.80. The van der Waals surface area contributed by atoms with Gasteiger partial charge in [0.1, 0.15) is 6.61 Å². The van der Waals surface area contributed by atoms with Gasteiger partial charge in [0.15, 0.2) is 5.11 Å². The lowest BCUT2D eigenvalue weighted by Gasteiger charge is -2.40. The van der Waals surface area contributed by atoms with E-state index >= 15 is 0 Å². The quantitative estimate of drug-likeness (QED) is 0.808. The molecule has 3 rings (SSSR count). The molecule has 25 heavy (non-hydrogen) atoms. The summed E-state index contributed by atoms with van der Waals surface area (Å²) in [6, 6.07) is 7.38. The van der Waals surface area contributed by atoms with Gasteiger partial charge in [0, 0.05) is 30.9 Å². The minimum absolute atomic E-state index is 0.0312. The largest absolute Gasteiger partial charge is 0.375 e.